The van der Waals surface area contributed by atoms with E-state index >= 15 is 0 Å². The fourth-order valence-electron chi connectivity index (χ4n) is 1.58. The molecule has 2 aromatic rings. The van der Waals surface area contributed by atoms with Gasteiger partial charge in [0.25, 0.3) is 0 Å². The Morgan fingerprint density at radius 1 is 1.35 bits per heavy atom. The Kier molecular flexibility index (Phi) is 3.87. The summed E-state index contributed by atoms with van der Waals surface area (Å²) in [5.74, 6) is 0. The molecule has 1 unspecified atom stereocenters. The minimum atomic E-state index is -0.334. The van der Waals surface area contributed by atoms with E-state index in [9.17, 15) is 0 Å². The molecule has 0 aliphatic carbocycles. The van der Waals surface area contributed by atoms with E-state index in [1.165, 1.54) is 0 Å². The molecule has 2 rings (SSSR count). The second-order valence-corrected chi connectivity index (χ2v) is 5.67. The van der Waals surface area contributed by atoms with Gasteiger partial charge in [0.2, 0.25) is 0 Å². The number of nitrogens with two attached hydrogens (primary N) is 1. The summed E-state index contributed by atoms with van der Waals surface area (Å²) in [4.78, 5) is 0. The third kappa shape index (κ3) is 2.70. The summed E-state index contributed by atoms with van der Waals surface area (Å²) < 4.78 is 3.18. The van der Waals surface area contributed by atoms with Crippen molar-refractivity contribution in [2.45, 2.75) is 6.04 Å². The molecule has 1 atom stereocenters. The number of benzene rings is 1. The monoisotopic (exact) mass is 378 g/mol. The molecular weight excluding hydrogens is 371 g/mol. The Hall–Kier alpha value is -0.430. The lowest BCUT2D eigenvalue weighted by Crippen LogP contribution is -2.16. The van der Waals surface area contributed by atoms with E-state index in [2.05, 4.69) is 42.2 Å². The van der Waals surface area contributed by atoms with Crippen LogP contribution in [-0.4, -0.2) is 15.0 Å². The molecule has 17 heavy (non-hydrogen) atoms. The zero-order valence-corrected chi connectivity index (χ0v) is 12.8. The average Bonchev–Trinajstić information content (AvgIpc) is 2.56. The summed E-state index contributed by atoms with van der Waals surface area (Å²) in [6, 6.07) is 5.24. The zero-order chi connectivity index (χ0) is 12.6. The molecule has 1 aromatic heterocycles. The van der Waals surface area contributed by atoms with Gasteiger partial charge in [-0.05, 0) is 39.7 Å². The first-order valence-electron chi connectivity index (χ1n) is 4.75. The van der Waals surface area contributed by atoms with E-state index < -0.39 is 0 Å². The van der Waals surface area contributed by atoms with Gasteiger partial charge in [-0.1, -0.05) is 32.7 Å². The molecule has 0 amide bonds. The van der Waals surface area contributed by atoms with Crippen LogP contribution in [0.25, 0.3) is 0 Å². The van der Waals surface area contributed by atoms with Gasteiger partial charge < -0.3 is 5.73 Å². The summed E-state index contributed by atoms with van der Waals surface area (Å²) in [5, 5.41) is 8.45. The predicted molar refractivity (Wildman–Crippen MR) is 73.9 cm³/mol. The lowest BCUT2D eigenvalue weighted by Gasteiger charge is -2.13. The summed E-state index contributed by atoms with van der Waals surface area (Å²) in [7, 11) is 1.80. The maximum atomic E-state index is 6.19. The van der Waals surface area contributed by atoms with Gasteiger partial charge in [-0.15, -0.1) is 5.10 Å². The van der Waals surface area contributed by atoms with Gasteiger partial charge in [0.05, 0.1) is 11.7 Å². The molecule has 0 saturated carbocycles. The molecule has 1 heterocycles. The molecule has 2 N–H and O–H groups in total. The minimum absolute atomic E-state index is 0.334. The fourth-order valence-corrected chi connectivity index (χ4v) is 3.04. The van der Waals surface area contributed by atoms with Crippen molar-refractivity contribution in [3.63, 3.8) is 0 Å². The standard InChI is InChI=1S/C10H9Br2ClN4/c1-17-9(10(12)15-16-17)8(14)5-2-6(11)4-7(13)3-5/h2-4,8H,14H2,1H3. The van der Waals surface area contributed by atoms with Crippen molar-refractivity contribution in [2.24, 2.45) is 12.8 Å². The molecule has 7 heteroatoms. The summed E-state index contributed by atoms with van der Waals surface area (Å²) in [6.07, 6.45) is 0. The van der Waals surface area contributed by atoms with Crippen molar-refractivity contribution in [3.8, 4) is 0 Å². The Morgan fingerprint density at radius 3 is 2.59 bits per heavy atom. The van der Waals surface area contributed by atoms with E-state index in [0.717, 1.165) is 15.7 Å². The molecule has 0 spiro atoms. The molecule has 90 valence electrons. The van der Waals surface area contributed by atoms with E-state index in [4.69, 9.17) is 17.3 Å². The highest BCUT2D eigenvalue weighted by Gasteiger charge is 2.18. The number of nitrogens with zero attached hydrogens (tertiary/aromatic N) is 3. The minimum Gasteiger partial charge on any atom is -0.319 e. The van der Waals surface area contributed by atoms with Crippen molar-refractivity contribution in [2.75, 3.05) is 0 Å². The van der Waals surface area contributed by atoms with E-state index in [0.29, 0.717) is 9.63 Å². The van der Waals surface area contributed by atoms with Crippen LogP contribution in [0.5, 0.6) is 0 Å². The van der Waals surface area contributed by atoms with Crippen LogP contribution in [0.4, 0.5) is 0 Å². The Balaban J connectivity index is 2.47. The van der Waals surface area contributed by atoms with Crippen LogP contribution in [0, 0.1) is 0 Å². The number of hydrogen-bond donors (Lipinski definition) is 1. The van der Waals surface area contributed by atoms with Crippen LogP contribution in [0.1, 0.15) is 17.3 Å². The zero-order valence-electron chi connectivity index (χ0n) is 8.86. The number of hydrogen-bond acceptors (Lipinski definition) is 3. The first-order chi connectivity index (χ1) is 7.99. The first-order valence-corrected chi connectivity index (χ1v) is 6.72. The van der Waals surface area contributed by atoms with Gasteiger partial charge in [-0.25, -0.2) is 4.68 Å². The van der Waals surface area contributed by atoms with Crippen LogP contribution in [0.3, 0.4) is 0 Å². The predicted octanol–water partition coefficient (Wildman–Crippen LogP) is 3.04. The molecule has 4 nitrogen and oxygen atoms in total. The Labute approximate surface area is 120 Å². The number of rotatable bonds is 2. The van der Waals surface area contributed by atoms with Gasteiger partial charge >= 0.3 is 0 Å². The highest BCUT2D eigenvalue weighted by molar-refractivity contribution is 9.10. The second-order valence-electron chi connectivity index (χ2n) is 3.57. The molecule has 1 aromatic carbocycles. The summed E-state index contributed by atoms with van der Waals surface area (Å²) >= 11 is 12.7. The molecule has 0 aliphatic heterocycles. The maximum absolute atomic E-state index is 6.19. The van der Waals surface area contributed by atoms with E-state index in [-0.39, 0.29) is 6.04 Å². The van der Waals surface area contributed by atoms with Gasteiger partial charge in [-0.2, -0.15) is 0 Å². The Bertz CT molecular complexity index is 515. The highest BCUT2D eigenvalue weighted by atomic mass is 79.9. The third-order valence-corrected chi connectivity index (χ3v) is 3.61. The van der Waals surface area contributed by atoms with Crippen LogP contribution in [0.2, 0.25) is 5.02 Å². The van der Waals surface area contributed by atoms with Gasteiger partial charge in [0, 0.05) is 16.5 Å². The van der Waals surface area contributed by atoms with Crippen molar-refractivity contribution in [1.29, 1.82) is 0 Å². The quantitative estimate of drug-likeness (QED) is 0.871. The van der Waals surface area contributed by atoms with Crippen LogP contribution >= 0.6 is 43.5 Å². The number of halogens is 3. The van der Waals surface area contributed by atoms with Gasteiger partial charge in [0.1, 0.15) is 0 Å². The molecule has 0 saturated heterocycles. The number of aryl methyl sites for hydroxylation is 1. The molecular formula is C10H9Br2ClN4. The van der Waals surface area contributed by atoms with E-state index in [1.807, 2.05) is 18.2 Å². The highest BCUT2D eigenvalue weighted by Crippen LogP contribution is 2.28. The average molecular weight is 380 g/mol. The summed E-state index contributed by atoms with van der Waals surface area (Å²) in [5.41, 5.74) is 7.89. The third-order valence-electron chi connectivity index (χ3n) is 2.37. The van der Waals surface area contributed by atoms with Gasteiger partial charge in [-0.3, -0.25) is 0 Å². The molecule has 0 radical (unpaired) electrons. The molecule has 0 bridgehead atoms. The van der Waals surface area contributed by atoms with Gasteiger partial charge in [0.15, 0.2) is 4.60 Å². The van der Waals surface area contributed by atoms with Crippen molar-refractivity contribution in [3.05, 3.63) is 43.6 Å². The smallest absolute Gasteiger partial charge is 0.153 e. The fraction of sp³-hybridized carbons (Fsp3) is 0.200. The van der Waals surface area contributed by atoms with Crippen molar-refractivity contribution < 1.29 is 0 Å². The van der Waals surface area contributed by atoms with Crippen LogP contribution in [-0.2, 0) is 7.05 Å². The summed E-state index contributed by atoms with van der Waals surface area (Å²) in [6.45, 7) is 0. The maximum Gasteiger partial charge on any atom is 0.153 e. The van der Waals surface area contributed by atoms with Crippen LogP contribution in [0.15, 0.2) is 27.3 Å². The first kappa shape index (κ1) is 13.0. The normalized spacial score (nSPS) is 12.8. The molecule has 0 fully saturated rings. The topological polar surface area (TPSA) is 56.7 Å². The molecule has 0 aliphatic rings. The largest absolute Gasteiger partial charge is 0.319 e. The van der Waals surface area contributed by atoms with Crippen molar-refractivity contribution in [1.82, 2.24) is 15.0 Å². The number of aromatic nitrogens is 3. The lowest BCUT2D eigenvalue weighted by molar-refractivity contribution is 0.650. The SMILES string of the molecule is Cn1nnc(Br)c1C(N)c1cc(Cl)cc(Br)c1. The second kappa shape index (κ2) is 5.06. The van der Waals surface area contributed by atoms with Crippen LogP contribution < -0.4 is 5.73 Å². The Morgan fingerprint density at radius 2 is 2.06 bits per heavy atom. The van der Waals surface area contributed by atoms with Crippen molar-refractivity contribution >= 4 is 43.5 Å². The van der Waals surface area contributed by atoms with E-state index in [1.54, 1.807) is 11.7 Å². The lowest BCUT2D eigenvalue weighted by atomic mass is 10.1.